The van der Waals surface area contributed by atoms with Crippen molar-refractivity contribution in [2.24, 2.45) is 0 Å². The molecule has 96 valence electrons. The Morgan fingerprint density at radius 1 is 1.18 bits per heavy atom. The highest BCUT2D eigenvalue weighted by Gasteiger charge is 2.14. The molecule has 1 aromatic carbocycles. The van der Waals surface area contributed by atoms with Gasteiger partial charge in [-0.05, 0) is 38.1 Å². The molecule has 0 aromatic heterocycles. The standard InChI is InChI=1S/C12H17FO3S/c1-3-15-12(16-4-2)9-17(14)11-7-5-10(13)6-8-11/h5-8,12H,3-4,9H2,1-2H3. The van der Waals surface area contributed by atoms with Gasteiger partial charge in [-0.1, -0.05) is 0 Å². The van der Waals surface area contributed by atoms with Crippen molar-refractivity contribution >= 4 is 10.8 Å². The Kier molecular flexibility index (Phi) is 6.32. The van der Waals surface area contributed by atoms with Crippen LogP contribution in [0, 0.1) is 5.82 Å². The molecular formula is C12H17FO3S. The molecule has 0 spiro atoms. The van der Waals surface area contributed by atoms with Gasteiger partial charge in [0, 0.05) is 18.1 Å². The molecule has 0 amide bonds. The number of halogens is 1. The molecule has 0 bridgehead atoms. The van der Waals surface area contributed by atoms with Gasteiger partial charge < -0.3 is 9.47 Å². The fraction of sp³-hybridized carbons (Fsp3) is 0.500. The van der Waals surface area contributed by atoms with E-state index < -0.39 is 17.1 Å². The van der Waals surface area contributed by atoms with Crippen LogP contribution in [0.4, 0.5) is 4.39 Å². The summed E-state index contributed by atoms with van der Waals surface area (Å²) in [6.07, 6.45) is -0.476. The summed E-state index contributed by atoms with van der Waals surface area (Å²) in [4.78, 5) is 0.579. The predicted molar refractivity (Wildman–Crippen MR) is 64.7 cm³/mol. The minimum atomic E-state index is -1.24. The number of benzene rings is 1. The summed E-state index contributed by atoms with van der Waals surface area (Å²) in [7, 11) is -1.24. The number of hydrogen-bond acceptors (Lipinski definition) is 3. The quantitative estimate of drug-likeness (QED) is 0.706. The summed E-state index contributed by atoms with van der Waals surface area (Å²) >= 11 is 0. The molecule has 0 saturated carbocycles. The van der Waals surface area contributed by atoms with Crippen molar-refractivity contribution in [3.8, 4) is 0 Å². The fourth-order valence-corrected chi connectivity index (χ4v) is 2.39. The van der Waals surface area contributed by atoms with Crippen molar-refractivity contribution in [1.29, 1.82) is 0 Å². The van der Waals surface area contributed by atoms with Crippen molar-refractivity contribution in [2.75, 3.05) is 19.0 Å². The molecule has 0 fully saturated rings. The number of hydrogen-bond donors (Lipinski definition) is 0. The zero-order valence-corrected chi connectivity index (χ0v) is 10.8. The minimum absolute atomic E-state index is 0.257. The minimum Gasteiger partial charge on any atom is -0.352 e. The summed E-state index contributed by atoms with van der Waals surface area (Å²) in [6, 6.07) is 5.62. The maximum absolute atomic E-state index is 12.7. The number of ether oxygens (including phenoxy) is 2. The first-order valence-corrected chi connectivity index (χ1v) is 6.86. The van der Waals surface area contributed by atoms with Gasteiger partial charge in [0.2, 0.25) is 0 Å². The average molecular weight is 260 g/mol. The van der Waals surface area contributed by atoms with E-state index in [4.69, 9.17) is 9.47 Å². The van der Waals surface area contributed by atoms with E-state index in [2.05, 4.69) is 0 Å². The Hall–Kier alpha value is -0.780. The summed E-state index contributed by atoms with van der Waals surface area (Å²) in [5, 5.41) is 0. The monoisotopic (exact) mass is 260 g/mol. The van der Waals surface area contributed by atoms with Gasteiger partial charge in [0.05, 0.1) is 16.6 Å². The van der Waals surface area contributed by atoms with Gasteiger partial charge in [-0.3, -0.25) is 4.21 Å². The molecule has 0 radical (unpaired) electrons. The van der Waals surface area contributed by atoms with Crippen molar-refractivity contribution in [2.45, 2.75) is 25.0 Å². The highest BCUT2D eigenvalue weighted by molar-refractivity contribution is 7.85. The third kappa shape index (κ3) is 4.93. The molecule has 0 N–H and O–H groups in total. The van der Waals surface area contributed by atoms with Crippen LogP contribution in [0.2, 0.25) is 0 Å². The lowest BCUT2D eigenvalue weighted by Gasteiger charge is -2.16. The second-order valence-electron chi connectivity index (χ2n) is 3.31. The van der Waals surface area contributed by atoms with Crippen LogP contribution in [-0.2, 0) is 20.3 Å². The smallest absolute Gasteiger partial charge is 0.169 e. The van der Waals surface area contributed by atoms with Crippen LogP contribution in [0.15, 0.2) is 29.2 Å². The normalized spacial score (nSPS) is 12.9. The summed E-state index contributed by atoms with van der Waals surface area (Å²) in [5.41, 5.74) is 0. The average Bonchev–Trinajstić information content (AvgIpc) is 2.30. The van der Waals surface area contributed by atoms with Crippen LogP contribution < -0.4 is 0 Å². The van der Waals surface area contributed by atoms with Gasteiger partial charge >= 0.3 is 0 Å². The summed E-state index contributed by atoms with van der Waals surface area (Å²) < 4.78 is 35.3. The van der Waals surface area contributed by atoms with Gasteiger partial charge in [-0.2, -0.15) is 0 Å². The summed E-state index contributed by atoms with van der Waals surface area (Å²) in [5.74, 6) is -0.0789. The molecule has 1 atom stereocenters. The van der Waals surface area contributed by atoms with Crippen molar-refractivity contribution in [3.63, 3.8) is 0 Å². The molecule has 1 aromatic rings. The van der Waals surface area contributed by atoms with Gasteiger partial charge in [-0.15, -0.1) is 0 Å². The van der Waals surface area contributed by atoms with Crippen molar-refractivity contribution in [1.82, 2.24) is 0 Å². The molecule has 1 unspecified atom stereocenters. The van der Waals surface area contributed by atoms with E-state index in [1.54, 1.807) is 0 Å². The van der Waals surface area contributed by atoms with Crippen LogP contribution in [0.25, 0.3) is 0 Å². The molecular weight excluding hydrogens is 243 g/mol. The van der Waals surface area contributed by atoms with E-state index >= 15 is 0 Å². The van der Waals surface area contributed by atoms with Gasteiger partial charge in [-0.25, -0.2) is 4.39 Å². The van der Waals surface area contributed by atoms with Crippen LogP contribution in [0.5, 0.6) is 0 Å². The van der Waals surface area contributed by atoms with Crippen LogP contribution in [0.3, 0.4) is 0 Å². The molecule has 3 nitrogen and oxygen atoms in total. The molecule has 17 heavy (non-hydrogen) atoms. The van der Waals surface area contributed by atoms with Crippen molar-refractivity contribution in [3.05, 3.63) is 30.1 Å². The Labute approximate surface area is 103 Å². The topological polar surface area (TPSA) is 35.5 Å². The van der Waals surface area contributed by atoms with E-state index in [1.165, 1.54) is 24.3 Å². The molecule has 0 heterocycles. The van der Waals surface area contributed by atoms with Gasteiger partial charge in [0.1, 0.15) is 5.82 Å². The van der Waals surface area contributed by atoms with E-state index in [0.29, 0.717) is 18.1 Å². The fourth-order valence-electron chi connectivity index (χ4n) is 1.32. The third-order valence-corrected chi connectivity index (χ3v) is 3.44. The second kappa shape index (κ2) is 7.53. The Balaban J connectivity index is 2.60. The van der Waals surface area contributed by atoms with Gasteiger partial charge in [0.15, 0.2) is 6.29 Å². The first kappa shape index (κ1) is 14.3. The summed E-state index contributed by atoms with van der Waals surface area (Å²) in [6.45, 7) is 4.72. The first-order valence-electron chi connectivity index (χ1n) is 5.54. The third-order valence-electron chi connectivity index (χ3n) is 2.07. The zero-order valence-electron chi connectivity index (χ0n) is 10.0. The maximum Gasteiger partial charge on any atom is 0.169 e. The van der Waals surface area contributed by atoms with Crippen molar-refractivity contribution < 1.29 is 18.1 Å². The Morgan fingerprint density at radius 3 is 2.18 bits per heavy atom. The molecule has 0 saturated heterocycles. The lowest BCUT2D eigenvalue weighted by molar-refractivity contribution is -0.120. The molecule has 5 heteroatoms. The van der Waals surface area contributed by atoms with E-state index in [1.807, 2.05) is 13.8 Å². The van der Waals surface area contributed by atoms with Crippen LogP contribution >= 0.6 is 0 Å². The molecule has 0 aliphatic rings. The first-order chi connectivity index (χ1) is 8.17. The maximum atomic E-state index is 12.7. The van der Waals surface area contributed by atoms with E-state index in [-0.39, 0.29) is 11.6 Å². The largest absolute Gasteiger partial charge is 0.352 e. The SMILES string of the molecule is CCOC(CS(=O)c1ccc(F)cc1)OCC. The number of rotatable bonds is 7. The zero-order chi connectivity index (χ0) is 12.7. The lowest BCUT2D eigenvalue weighted by atomic mass is 10.4. The highest BCUT2D eigenvalue weighted by Crippen LogP contribution is 2.10. The van der Waals surface area contributed by atoms with E-state index in [9.17, 15) is 8.60 Å². The molecule has 0 aliphatic carbocycles. The lowest BCUT2D eigenvalue weighted by Crippen LogP contribution is -2.24. The molecule has 0 aliphatic heterocycles. The molecule has 1 rings (SSSR count). The predicted octanol–water partition coefficient (Wildman–Crippen LogP) is 2.33. The Bertz CT molecular complexity index is 347. The van der Waals surface area contributed by atoms with Crippen LogP contribution in [0.1, 0.15) is 13.8 Å². The second-order valence-corrected chi connectivity index (χ2v) is 4.80. The Morgan fingerprint density at radius 2 is 1.71 bits per heavy atom. The van der Waals surface area contributed by atoms with Gasteiger partial charge in [0.25, 0.3) is 0 Å². The van der Waals surface area contributed by atoms with E-state index in [0.717, 1.165) is 0 Å². The highest BCUT2D eigenvalue weighted by atomic mass is 32.2. The van der Waals surface area contributed by atoms with Crippen LogP contribution in [-0.4, -0.2) is 29.5 Å².